The number of nitrogens with zero attached hydrogens (tertiary/aromatic N) is 2. The van der Waals surface area contributed by atoms with Crippen LogP contribution in [0.2, 0.25) is 0 Å². The van der Waals surface area contributed by atoms with E-state index in [0.717, 1.165) is 0 Å². The Morgan fingerprint density at radius 3 is 2.56 bits per heavy atom. The minimum absolute atomic E-state index is 0.158. The molecule has 90 valence electrons. The quantitative estimate of drug-likeness (QED) is 0.872. The molecule has 0 radical (unpaired) electrons. The number of ether oxygens (including phenoxy) is 1. The Morgan fingerprint density at radius 1 is 1.44 bits per heavy atom. The maximum atomic E-state index is 12.3. The first-order valence-electron chi connectivity index (χ1n) is 4.71. The van der Waals surface area contributed by atoms with E-state index in [0.29, 0.717) is 6.42 Å². The van der Waals surface area contributed by atoms with Crippen LogP contribution >= 0.6 is 0 Å². The molecule has 1 rings (SSSR count). The Morgan fingerprint density at radius 2 is 2.06 bits per heavy atom. The smallest absolute Gasteiger partial charge is 0.451 e. The molecule has 0 aliphatic carbocycles. The number of nitrogens with two attached hydrogens (primary N) is 1. The second kappa shape index (κ2) is 4.54. The van der Waals surface area contributed by atoms with Gasteiger partial charge in [0, 0.05) is 6.07 Å². The molecule has 0 saturated carbocycles. The van der Waals surface area contributed by atoms with Crippen LogP contribution < -0.4 is 10.5 Å². The van der Waals surface area contributed by atoms with E-state index in [-0.39, 0.29) is 17.8 Å². The van der Waals surface area contributed by atoms with Gasteiger partial charge in [-0.05, 0) is 13.3 Å². The van der Waals surface area contributed by atoms with Crippen molar-refractivity contribution < 1.29 is 17.9 Å². The molecule has 1 aromatic rings. The van der Waals surface area contributed by atoms with Crippen molar-refractivity contribution in [3.63, 3.8) is 0 Å². The predicted octanol–water partition coefficient (Wildman–Crippen LogP) is 2.25. The monoisotopic (exact) mass is 235 g/mol. The fourth-order valence-corrected chi connectivity index (χ4v) is 0.919. The minimum atomic E-state index is -4.62. The Bertz CT molecular complexity index is 368. The van der Waals surface area contributed by atoms with E-state index in [1.807, 2.05) is 6.92 Å². The summed E-state index contributed by atoms with van der Waals surface area (Å²) in [5.74, 6) is -1.71. The third kappa shape index (κ3) is 3.25. The number of rotatable bonds is 3. The zero-order valence-electron chi connectivity index (χ0n) is 8.88. The Hall–Kier alpha value is -1.53. The van der Waals surface area contributed by atoms with Gasteiger partial charge in [-0.1, -0.05) is 6.92 Å². The number of hydrogen-bond acceptors (Lipinski definition) is 4. The number of alkyl halides is 3. The fourth-order valence-electron chi connectivity index (χ4n) is 0.919. The summed E-state index contributed by atoms with van der Waals surface area (Å²) in [6.07, 6.45) is -4.19. The molecule has 0 amide bonds. The van der Waals surface area contributed by atoms with Crippen molar-refractivity contribution in [3.8, 4) is 5.88 Å². The van der Waals surface area contributed by atoms with Gasteiger partial charge in [0.15, 0.2) is 0 Å². The SMILES string of the molecule is CCC(C)Oc1cc(N)nc(C(F)(F)F)n1. The highest BCUT2D eigenvalue weighted by molar-refractivity contribution is 5.33. The second-order valence-electron chi connectivity index (χ2n) is 3.29. The van der Waals surface area contributed by atoms with Crippen molar-refractivity contribution in [2.75, 3.05) is 5.73 Å². The van der Waals surface area contributed by atoms with Gasteiger partial charge in [-0.3, -0.25) is 0 Å². The normalized spacial score (nSPS) is 13.6. The zero-order chi connectivity index (χ0) is 12.3. The van der Waals surface area contributed by atoms with E-state index in [2.05, 4.69) is 9.97 Å². The molecule has 1 atom stereocenters. The van der Waals surface area contributed by atoms with Crippen LogP contribution in [-0.4, -0.2) is 16.1 Å². The van der Waals surface area contributed by atoms with Crippen LogP contribution in [0.1, 0.15) is 26.1 Å². The van der Waals surface area contributed by atoms with E-state index in [1.165, 1.54) is 6.07 Å². The number of aromatic nitrogens is 2. The number of anilines is 1. The molecule has 4 nitrogen and oxygen atoms in total. The summed E-state index contributed by atoms with van der Waals surface area (Å²) in [5.41, 5.74) is 5.24. The molecule has 0 bridgehead atoms. The lowest BCUT2D eigenvalue weighted by molar-refractivity contribution is -0.145. The third-order valence-corrected chi connectivity index (χ3v) is 1.87. The highest BCUT2D eigenvalue weighted by Gasteiger charge is 2.35. The molecule has 16 heavy (non-hydrogen) atoms. The first kappa shape index (κ1) is 12.5. The Kier molecular flexibility index (Phi) is 3.56. The average Bonchev–Trinajstić information content (AvgIpc) is 2.15. The molecule has 0 aliphatic heterocycles. The van der Waals surface area contributed by atoms with Crippen LogP contribution in [0.25, 0.3) is 0 Å². The second-order valence-corrected chi connectivity index (χ2v) is 3.29. The van der Waals surface area contributed by atoms with Crippen molar-refractivity contribution >= 4 is 5.82 Å². The molecule has 1 aromatic heterocycles. The van der Waals surface area contributed by atoms with Crippen molar-refractivity contribution in [2.24, 2.45) is 0 Å². The average molecular weight is 235 g/mol. The molecular weight excluding hydrogens is 223 g/mol. The molecule has 0 fully saturated rings. The first-order valence-corrected chi connectivity index (χ1v) is 4.71. The summed E-state index contributed by atoms with van der Waals surface area (Å²) in [6.45, 7) is 3.57. The highest BCUT2D eigenvalue weighted by Crippen LogP contribution is 2.28. The lowest BCUT2D eigenvalue weighted by Crippen LogP contribution is -2.16. The van der Waals surface area contributed by atoms with Crippen LogP contribution in [-0.2, 0) is 6.18 Å². The van der Waals surface area contributed by atoms with Crippen molar-refractivity contribution in [1.29, 1.82) is 0 Å². The lowest BCUT2D eigenvalue weighted by atomic mass is 10.3. The van der Waals surface area contributed by atoms with Gasteiger partial charge >= 0.3 is 6.18 Å². The molecule has 0 aliphatic rings. The van der Waals surface area contributed by atoms with Crippen molar-refractivity contribution in [1.82, 2.24) is 9.97 Å². The van der Waals surface area contributed by atoms with Gasteiger partial charge in [0.1, 0.15) is 5.82 Å². The van der Waals surface area contributed by atoms with Crippen LogP contribution in [0.4, 0.5) is 19.0 Å². The number of halogens is 3. The van der Waals surface area contributed by atoms with Gasteiger partial charge in [0.05, 0.1) is 6.10 Å². The molecule has 7 heteroatoms. The van der Waals surface area contributed by atoms with Crippen molar-refractivity contribution in [3.05, 3.63) is 11.9 Å². The van der Waals surface area contributed by atoms with Crippen LogP contribution in [0.3, 0.4) is 0 Å². The van der Waals surface area contributed by atoms with Gasteiger partial charge in [-0.15, -0.1) is 0 Å². The fraction of sp³-hybridized carbons (Fsp3) is 0.556. The Labute approximate surface area is 90.6 Å². The maximum absolute atomic E-state index is 12.3. The van der Waals surface area contributed by atoms with E-state index < -0.39 is 12.0 Å². The molecule has 1 unspecified atom stereocenters. The maximum Gasteiger partial charge on any atom is 0.451 e. The van der Waals surface area contributed by atoms with E-state index in [9.17, 15) is 13.2 Å². The summed E-state index contributed by atoms with van der Waals surface area (Å²) < 4.78 is 42.1. The minimum Gasteiger partial charge on any atom is -0.475 e. The number of nitrogen functional groups attached to an aromatic ring is 1. The molecule has 0 spiro atoms. The predicted molar refractivity (Wildman–Crippen MR) is 51.8 cm³/mol. The summed E-state index contributed by atoms with van der Waals surface area (Å²) >= 11 is 0. The Balaban J connectivity index is 2.99. The summed E-state index contributed by atoms with van der Waals surface area (Å²) in [7, 11) is 0. The largest absolute Gasteiger partial charge is 0.475 e. The third-order valence-electron chi connectivity index (χ3n) is 1.87. The van der Waals surface area contributed by atoms with Gasteiger partial charge in [-0.25, -0.2) is 4.98 Å². The standard InChI is InChI=1S/C9H12F3N3O/c1-3-5(2)16-7-4-6(13)14-8(15-7)9(10,11)12/h4-5H,3H2,1-2H3,(H2,13,14,15). The summed E-state index contributed by atoms with van der Waals surface area (Å²) in [4.78, 5) is 6.35. The molecular formula is C9H12F3N3O. The van der Waals surface area contributed by atoms with E-state index >= 15 is 0 Å². The summed E-state index contributed by atoms with van der Waals surface area (Å²) in [6, 6.07) is 1.17. The molecule has 0 saturated heterocycles. The first-order chi connectivity index (χ1) is 7.32. The summed E-state index contributed by atoms with van der Waals surface area (Å²) in [5, 5.41) is 0. The van der Waals surface area contributed by atoms with Gasteiger partial charge < -0.3 is 10.5 Å². The molecule has 1 heterocycles. The highest BCUT2D eigenvalue weighted by atomic mass is 19.4. The van der Waals surface area contributed by atoms with Crippen LogP contribution in [0.5, 0.6) is 5.88 Å². The van der Waals surface area contributed by atoms with Gasteiger partial charge in [0.2, 0.25) is 11.7 Å². The van der Waals surface area contributed by atoms with Gasteiger partial charge in [-0.2, -0.15) is 18.2 Å². The van der Waals surface area contributed by atoms with Gasteiger partial charge in [0.25, 0.3) is 0 Å². The van der Waals surface area contributed by atoms with E-state index in [1.54, 1.807) is 6.92 Å². The van der Waals surface area contributed by atoms with Crippen LogP contribution in [0, 0.1) is 0 Å². The van der Waals surface area contributed by atoms with Crippen molar-refractivity contribution in [2.45, 2.75) is 32.5 Å². The van der Waals surface area contributed by atoms with E-state index in [4.69, 9.17) is 10.5 Å². The zero-order valence-corrected chi connectivity index (χ0v) is 8.88. The lowest BCUT2D eigenvalue weighted by Gasteiger charge is -2.13. The van der Waals surface area contributed by atoms with Crippen LogP contribution in [0.15, 0.2) is 6.07 Å². The molecule has 0 aromatic carbocycles. The number of hydrogen-bond donors (Lipinski definition) is 1. The topological polar surface area (TPSA) is 61.0 Å². The molecule has 2 N–H and O–H groups in total.